The van der Waals surface area contributed by atoms with Crippen molar-refractivity contribution in [1.82, 2.24) is 0 Å². The Morgan fingerprint density at radius 2 is 1.59 bits per heavy atom. The molecule has 2 heteroatoms. The molecule has 2 aromatic rings. The number of rotatable bonds is 1. The van der Waals surface area contributed by atoms with Crippen molar-refractivity contribution < 1.29 is 0 Å². The van der Waals surface area contributed by atoms with Crippen LogP contribution in [0.2, 0.25) is 0 Å². The first-order chi connectivity index (χ1) is 10.6. The highest BCUT2D eigenvalue weighted by molar-refractivity contribution is 9.10. The average molecular weight is 356 g/mol. The standard InChI is InChI=1S/C20H22BrN/c1-15-10-18(21)12-19(11-15)22-8-6-20(7-9-22)13-16-4-2-3-5-17(16)14-20/h2-5,10-12H,6-9,13-14H2,1H3. The molecule has 0 atom stereocenters. The minimum atomic E-state index is 0.529. The fourth-order valence-electron chi connectivity index (χ4n) is 4.27. The van der Waals surface area contributed by atoms with Gasteiger partial charge in [-0.15, -0.1) is 0 Å². The fraction of sp³-hybridized carbons (Fsp3) is 0.400. The summed E-state index contributed by atoms with van der Waals surface area (Å²) in [5.41, 5.74) is 6.42. The van der Waals surface area contributed by atoms with E-state index in [1.165, 1.54) is 54.5 Å². The molecule has 0 saturated carbocycles. The molecule has 1 heterocycles. The Labute approximate surface area is 141 Å². The lowest BCUT2D eigenvalue weighted by Gasteiger charge is -2.40. The molecule has 1 nitrogen and oxygen atoms in total. The zero-order valence-electron chi connectivity index (χ0n) is 13.1. The monoisotopic (exact) mass is 355 g/mol. The molecule has 0 amide bonds. The quantitative estimate of drug-likeness (QED) is 0.684. The third-order valence-electron chi connectivity index (χ3n) is 5.47. The Kier molecular flexibility index (Phi) is 3.53. The summed E-state index contributed by atoms with van der Waals surface area (Å²) in [7, 11) is 0. The number of hydrogen-bond acceptors (Lipinski definition) is 1. The second kappa shape index (κ2) is 5.42. The molecule has 0 bridgehead atoms. The van der Waals surface area contributed by atoms with Gasteiger partial charge in [-0.1, -0.05) is 40.2 Å². The van der Waals surface area contributed by atoms with Crippen LogP contribution in [0.1, 0.15) is 29.5 Å². The molecule has 1 spiro atoms. The smallest absolute Gasteiger partial charge is 0.0380 e. The highest BCUT2D eigenvalue weighted by Gasteiger charge is 2.39. The molecule has 0 unspecified atom stereocenters. The summed E-state index contributed by atoms with van der Waals surface area (Å²) in [5.74, 6) is 0. The number of nitrogens with zero attached hydrogens (tertiary/aromatic N) is 1. The Bertz CT molecular complexity index is 651. The minimum Gasteiger partial charge on any atom is -0.371 e. The van der Waals surface area contributed by atoms with Crippen LogP contribution in [0.4, 0.5) is 5.69 Å². The highest BCUT2D eigenvalue weighted by atomic mass is 79.9. The molecule has 114 valence electrons. The maximum absolute atomic E-state index is 3.63. The van der Waals surface area contributed by atoms with Crippen molar-refractivity contribution in [1.29, 1.82) is 0 Å². The van der Waals surface area contributed by atoms with Gasteiger partial charge >= 0.3 is 0 Å². The van der Waals surface area contributed by atoms with E-state index < -0.39 is 0 Å². The zero-order valence-corrected chi connectivity index (χ0v) is 14.7. The lowest BCUT2D eigenvalue weighted by atomic mass is 9.76. The van der Waals surface area contributed by atoms with E-state index in [0.29, 0.717) is 5.41 Å². The van der Waals surface area contributed by atoms with E-state index in [9.17, 15) is 0 Å². The van der Waals surface area contributed by atoms with Gasteiger partial charge in [-0.05, 0) is 72.9 Å². The van der Waals surface area contributed by atoms with E-state index in [2.05, 4.69) is 70.2 Å². The molecule has 0 N–H and O–H groups in total. The number of halogens is 1. The lowest BCUT2D eigenvalue weighted by Crippen LogP contribution is -2.40. The molecule has 0 aromatic heterocycles. The maximum atomic E-state index is 3.63. The SMILES string of the molecule is Cc1cc(Br)cc(N2CCC3(CC2)Cc2ccccc2C3)c1. The Hall–Kier alpha value is -1.28. The molecule has 22 heavy (non-hydrogen) atoms. The van der Waals surface area contributed by atoms with Crippen LogP contribution < -0.4 is 4.90 Å². The fourth-order valence-corrected chi connectivity index (χ4v) is 4.86. The van der Waals surface area contributed by atoms with Crippen molar-refractivity contribution in [3.8, 4) is 0 Å². The summed E-state index contributed by atoms with van der Waals surface area (Å²) in [4.78, 5) is 2.56. The number of fused-ring (bicyclic) bond motifs is 1. The number of anilines is 1. The van der Waals surface area contributed by atoms with Crippen molar-refractivity contribution in [2.45, 2.75) is 32.6 Å². The third kappa shape index (κ3) is 2.58. The molecule has 1 saturated heterocycles. The molecule has 1 fully saturated rings. The number of hydrogen-bond donors (Lipinski definition) is 0. The van der Waals surface area contributed by atoms with E-state index in [-0.39, 0.29) is 0 Å². The largest absolute Gasteiger partial charge is 0.371 e. The Morgan fingerprint density at radius 1 is 0.955 bits per heavy atom. The second-order valence-corrected chi connectivity index (χ2v) is 8.01. The van der Waals surface area contributed by atoms with Crippen LogP contribution in [0.3, 0.4) is 0 Å². The molecule has 0 radical (unpaired) electrons. The molecule has 4 rings (SSSR count). The summed E-state index contributed by atoms with van der Waals surface area (Å²) in [5, 5.41) is 0. The molecular formula is C20H22BrN. The molecule has 1 aliphatic heterocycles. The Balaban J connectivity index is 1.50. The van der Waals surface area contributed by atoms with Gasteiger partial charge in [0.15, 0.2) is 0 Å². The van der Waals surface area contributed by atoms with Crippen molar-refractivity contribution in [2.24, 2.45) is 5.41 Å². The van der Waals surface area contributed by atoms with Gasteiger partial charge in [0.1, 0.15) is 0 Å². The van der Waals surface area contributed by atoms with Crippen LogP contribution in [0, 0.1) is 12.3 Å². The minimum absolute atomic E-state index is 0.529. The predicted octanol–water partition coefficient (Wildman–Crippen LogP) is 5.14. The second-order valence-electron chi connectivity index (χ2n) is 7.10. The summed E-state index contributed by atoms with van der Waals surface area (Å²) in [6, 6.07) is 15.8. The maximum Gasteiger partial charge on any atom is 0.0380 e. The van der Waals surface area contributed by atoms with E-state index >= 15 is 0 Å². The average Bonchev–Trinajstić information content (AvgIpc) is 2.84. The van der Waals surface area contributed by atoms with Gasteiger partial charge in [-0.25, -0.2) is 0 Å². The highest BCUT2D eigenvalue weighted by Crippen LogP contribution is 2.45. The van der Waals surface area contributed by atoms with Gasteiger partial charge < -0.3 is 4.90 Å². The van der Waals surface area contributed by atoms with E-state index in [4.69, 9.17) is 0 Å². The van der Waals surface area contributed by atoms with Crippen molar-refractivity contribution >= 4 is 21.6 Å². The van der Waals surface area contributed by atoms with Crippen LogP contribution in [-0.4, -0.2) is 13.1 Å². The topological polar surface area (TPSA) is 3.24 Å². The third-order valence-corrected chi connectivity index (χ3v) is 5.92. The molecular weight excluding hydrogens is 334 g/mol. The van der Waals surface area contributed by atoms with Gasteiger partial charge in [-0.2, -0.15) is 0 Å². The summed E-state index contributed by atoms with van der Waals surface area (Å²) in [6.07, 6.45) is 5.20. The van der Waals surface area contributed by atoms with Crippen LogP contribution in [0.5, 0.6) is 0 Å². The molecule has 1 aliphatic carbocycles. The first-order valence-electron chi connectivity index (χ1n) is 8.23. The summed E-state index contributed by atoms with van der Waals surface area (Å²) < 4.78 is 1.19. The van der Waals surface area contributed by atoms with Crippen LogP contribution >= 0.6 is 15.9 Å². The zero-order chi connectivity index (χ0) is 15.2. The predicted molar refractivity (Wildman–Crippen MR) is 96.6 cm³/mol. The van der Waals surface area contributed by atoms with Crippen LogP contribution in [-0.2, 0) is 12.8 Å². The molecule has 2 aliphatic rings. The van der Waals surface area contributed by atoms with Gasteiger partial charge in [0, 0.05) is 23.2 Å². The Morgan fingerprint density at radius 3 is 2.18 bits per heavy atom. The normalized spacial score (nSPS) is 19.5. The number of piperidine rings is 1. The van der Waals surface area contributed by atoms with Gasteiger partial charge in [0.05, 0.1) is 0 Å². The van der Waals surface area contributed by atoms with Gasteiger partial charge in [0.25, 0.3) is 0 Å². The summed E-state index contributed by atoms with van der Waals surface area (Å²) in [6.45, 7) is 4.54. The van der Waals surface area contributed by atoms with Crippen molar-refractivity contribution in [3.63, 3.8) is 0 Å². The van der Waals surface area contributed by atoms with E-state index in [1.54, 1.807) is 11.1 Å². The first-order valence-corrected chi connectivity index (χ1v) is 9.02. The number of aryl methyl sites for hydroxylation is 1. The van der Waals surface area contributed by atoms with Gasteiger partial charge in [-0.3, -0.25) is 0 Å². The first kappa shape index (κ1) is 14.3. The van der Waals surface area contributed by atoms with Gasteiger partial charge in [0.2, 0.25) is 0 Å². The van der Waals surface area contributed by atoms with E-state index in [0.717, 1.165) is 0 Å². The van der Waals surface area contributed by atoms with Crippen LogP contribution in [0.15, 0.2) is 46.9 Å². The lowest BCUT2D eigenvalue weighted by molar-refractivity contribution is 0.233. The van der Waals surface area contributed by atoms with E-state index in [1.807, 2.05) is 0 Å². The number of benzene rings is 2. The van der Waals surface area contributed by atoms with Crippen molar-refractivity contribution in [2.75, 3.05) is 18.0 Å². The van der Waals surface area contributed by atoms with Crippen LogP contribution in [0.25, 0.3) is 0 Å². The molecule has 2 aromatic carbocycles. The van der Waals surface area contributed by atoms with Crippen molar-refractivity contribution in [3.05, 3.63) is 63.6 Å². The summed E-state index contributed by atoms with van der Waals surface area (Å²) >= 11 is 3.63.